The summed E-state index contributed by atoms with van der Waals surface area (Å²) in [6.07, 6.45) is 3.98. The van der Waals surface area contributed by atoms with Crippen molar-refractivity contribution in [3.63, 3.8) is 0 Å². The largest absolute Gasteiger partial charge is 0.342 e. The van der Waals surface area contributed by atoms with Gasteiger partial charge in [-0.15, -0.1) is 11.8 Å². The van der Waals surface area contributed by atoms with Gasteiger partial charge < -0.3 is 9.80 Å². The fraction of sp³-hybridized carbons (Fsp3) is 0.636. The zero-order valence-electron chi connectivity index (χ0n) is 16.6. The van der Waals surface area contributed by atoms with E-state index < -0.39 is 0 Å². The first kappa shape index (κ1) is 20.2. The van der Waals surface area contributed by atoms with Crippen LogP contribution < -0.4 is 0 Å². The van der Waals surface area contributed by atoms with Crippen LogP contribution in [0.2, 0.25) is 0 Å². The van der Waals surface area contributed by atoms with Crippen LogP contribution in [0.3, 0.4) is 0 Å². The minimum Gasteiger partial charge on any atom is -0.342 e. The molecule has 0 saturated carbocycles. The molecule has 0 N–H and O–H groups in total. The van der Waals surface area contributed by atoms with Crippen LogP contribution in [0.5, 0.6) is 0 Å². The third-order valence-electron chi connectivity index (χ3n) is 5.82. The summed E-state index contributed by atoms with van der Waals surface area (Å²) in [4.78, 5) is 29.6. The summed E-state index contributed by atoms with van der Waals surface area (Å²) in [7, 11) is 0. The molecule has 2 fully saturated rings. The van der Waals surface area contributed by atoms with E-state index in [0.717, 1.165) is 51.2 Å². The molecule has 1 aromatic carbocycles. The Bertz CT molecular complexity index is 628. The number of likely N-dealkylation sites (tertiary alicyclic amines) is 2. The summed E-state index contributed by atoms with van der Waals surface area (Å²) in [5, 5.41) is -0.0413. The van der Waals surface area contributed by atoms with Crippen molar-refractivity contribution in [2.75, 3.05) is 26.2 Å². The van der Waals surface area contributed by atoms with E-state index in [4.69, 9.17) is 0 Å². The maximum absolute atomic E-state index is 12.8. The highest BCUT2D eigenvalue weighted by atomic mass is 32.2. The van der Waals surface area contributed by atoms with Gasteiger partial charge in [0.05, 0.1) is 5.25 Å². The Morgan fingerprint density at radius 3 is 2.44 bits per heavy atom. The molecule has 2 saturated heterocycles. The van der Waals surface area contributed by atoms with Crippen LogP contribution in [0, 0.1) is 11.8 Å². The van der Waals surface area contributed by atoms with Crippen LogP contribution in [-0.2, 0) is 15.3 Å². The van der Waals surface area contributed by atoms with Crippen molar-refractivity contribution in [1.82, 2.24) is 9.80 Å². The van der Waals surface area contributed by atoms with Gasteiger partial charge in [0.25, 0.3) is 0 Å². The number of hydrogen-bond acceptors (Lipinski definition) is 3. The molecule has 0 radical (unpaired) electrons. The Morgan fingerprint density at radius 1 is 1.07 bits per heavy atom. The van der Waals surface area contributed by atoms with Gasteiger partial charge in [0.15, 0.2) is 0 Å². The molecule has 0 bridgehead atoms. The molecule has 2 atom stereocenters. The highest BCUT2D eigenvalue weighted by Gasteiger charge is 2.32. The summed E-state index contributed by atoms with van der Waals surface area (Å²) in [5.74, 6) is 2.11. The molecule has 4 nitrogen and oxygen atoms in total. The lowest BCUT2D eigenvalue weighted by Gasteiger charge is -2.37. The molecule has 2 amide bonds. The van der Waals surface area contributed by atoms with Crippen LogP contribution in [0.4, 0.5) is 0 Å². The van der Waals surface area contributed by atoms with E-state index in [1.807, 2.05) is 30.0 Å². The summed E-state index contributed by atoms with van der Waals surface area (Å²) >= 11 is 1.69. The van der Waals surface area contributed by atoms with Crippen molar-refractivity contribution in [3.8, 4) is 0 Å². The molecule has 0 aromatic heterocycles. The topological polar surface area (TPSA) is 40.6 Å². The Labute approximate surface area is 167 Å². The van der Waals surface area contributed by atoms with Crippen LogP contribution in [0.25, 0.3) is 0 Å². The number of piperidine rings is 2. The Hall–Kier alpha value is -1.49. The molecule has 2 unspecified atom stereocenters. The third-order valence-corrected chi connectivity index (χ3v) is 7.02. The summed E-state index contributed by atoms with van der Waals surface area (Å²) < 4.78 is 0. The summed E-state index contributed by atoms with van der Waals surface area (Å²) in [5.41, 5.74) is 1.25. The van der Waals surface area contributed by atoms with Gasteiger partial charge in [-0.2, -0.15) is 0 Å². The van der Waals surface area contributed by atoms with E-state index in [9.17, 15) is 9.59 Å². The number of thioether (sulfide) groups is 1. The second-order valence-electron chi connectivity index (χ2n) is 8.07. The van der Waals surface area contributed by atoms with Gasteiger partial charge in [-0.3, -0.25) is 9.59 Å². The van der Waals surface area contributed by atoms with E-state index >= 15 is 0 Å². The third kappa shape index (κ3) is 5.50. The molecular weight excluding hydrogens is 356 g/mol. The first-order chi connectivity index (χ1) is 13.0. The van der Waals surface area contributed by atoms with Gasteiger partial charge in [0.1, 0.15) is 0 Å². The fourth-order valence-corrected chi connectivity index (χ4v) is 5.05. The Balaban J connectivity index is 1.43. The lowest BCUT2D eigenvalue weighted by molar-refractivity contribution is -0.141. The van der Waals surface area contributed by atoms with E-state index in [2.05, 4.69) is 24.0 Å². The molecule has 2 heterocycles. The fourth-order valence-electron chi connectivity index (χ4n) is 4.12. The average molecular weight is 389 g/mol. The molecule has 5 heteroatoms. The molecule has 2 aliphatic rings. The van der Waals surface area contributed by atoms with Crippen molar-refractivity contribution in [1.29, 1.82) is 0 Å². The van der Waals surface area contributed by atoms with Crippen molar-refractivity contribution in [2.45, 2.75) is 50.5 Å². The highest BCUT2D eigenvalue weighted by Crippen LogP contribution is 2.26. The van der Waals surface area contributed by atoms with Crippen LogP contribution in [0.1, 0.15) is 45.1 Å². The van der Waals surface area contributed by atoms with Gasteiger partial charge >= 0.3 is 0 Å². The number of nitrogens with zero attached hydrogens (tertiary/aromatic N) is 2. The first-order valence-electron chi connectivity index (χ1n) is 10.3. The van der Waals surface area contributed by atoms with E-state index in [1.165, 1.54) is 12.0 Å². The van der Waals surface area contributed by atoms with Crippen LogP contribution >= 0.6 is 11.8 Å². The Morgan fingerprint density at radius 2 is 1.78 bits per heavy atom. The van der Waals surface area contributed by atoms with Crippen molar-refractivity contribution in [3.05, 3.63) is 35.9 Å². The Kier molecular flexibility index (Phi) is 7.22. The normalized spacial score (nSPS) is 22.5. The number of benzene rings is 1. The lowest BCUT2D eigenvalue weighted by Crippen LogP contribution is -2.48. The highest BCUT2D eigenvalue weighted by molar-refractivity contribution is 7.99. The van der Waals surface area contributed by atoms with Crippen molar-refractivity contribution < 1.29 is 9.59 Å². The molecule has 2 aliphatic heterocycles. The second kappa shape index (κ2) is 9.63. The number of carbonyl (C=O) groups excluding carboxylic acids is 2. The van der Waals surface area contributed by atoms with Crippen LogP contribution in [0.15, 0.2) is 30.3 Å². The van der Waals surface area contributed by atoms with Crippen molar-refractivity contribution >= 4 is 23.6 Å². The minimum atomic E-state index is -0.0413. The van der Waals surface area contributed by atoms with Gasteiger partial charge in [-0.1, -0.05) is 37.3 Å². The molecule has 1 aromatic rings. The smallest absolute Gasteiger partial charge is 0.235 e. The first-order valence-corrected chi connectivity index (χ1v) is 11.3. The maximum Gasteiger partial charge on any atom is 0.235 e. The van der Waals surface area contributed by atoms with E-state index in [1.54, 1.807) is 11.8 Å². The summed E-state index contributed by atoms with van der Waals surface area (Å²) in [6, 6.07) is 10.3. The number of hydrogen-bond donors (Lipinski definition) is 0. The molecule has 148 valence electrons. The summed E-state index contributed by atoms with van der Waals surface area (Å²) in [6.45, 7) is 7.49. The van der Waals surface area contributed by atoms with Gasteiger partial charge in [-0.25, -0.2) is 0 Å². The van der Waals surface area contributed by atoms with E-state index in [0.29, 0.717) is 11.8 Å². The molecule has 0 spiro atoms. The van der Waals surface area contributed by atoms with Crippen molar-refractivity contribution in [2.24, 2.45) is 11.8 Å². The number of amides is 2. The number of rotatable bonds is 5. The van der Waals surface area contributed by atoms with Crippen LogP contribution in [-0.4, -0.2) is 53.0 Å². The lowest BCUT2D eigenvalue weighted by atomic mass is 9.92. The minimum absolute atomic E-state index is 0.0413. The molecule has 0 aliphatic carbocycles. The predicted molar refractivity (Wildman–Crippen MR) is 111 cm³/mol. The average Bonchev–Trinajstić information content (AvgIpc) is 2.72. The quantitative estimate of drug-likeness (QED) is 0.770. The zero-order valence-corrected chi connectivity index (χ0v) is 17.4. The maximum atomic E-state index is 12.8. The standard InChI is InChI=1S/C22H32N2O2S/c1-17-7-6-12-24(15-17)22(26)20-10-13-23(14-11-20)21(25)18(2)27-16-19-8-4-3-5-9-19/h3-5,8-9,17-18,20H,6-7,10-16H2,1-2H3. The SMILES string of the molecule is CC1CCCN(C(=O)C2CCN(C(=O)C(C)SCc3ccccc3)CC2)C1. The van der Waals surface area contributed by atoms with Gasteiger partial charge in [0, 0.05) is 37.8 Å². The number of carbonyl (C=O) groups is 2. The van der Waals surface area contributed by atoms with E-state index in [-0.39, 0.29) is 17.1 Å². The molecule has 27 heavy (non-hydrogen) atoms. The van der Waals surface area contributed by atoms with Gasteiger partial charge in [0.2, 0.25) is 11.8 Å². The second-order valence-corrected chi connectivity index (χ2v) is 9.40. The zero-order chi connectivity index (χ0) is 19.2. The predicted octanol–water partition coefficient (Wildman–Crippen LogP) is 3.81. The molecule has 3 rings (SSSR count). The monoisotopic (exact) mass is 388 g/mol. The molecular formula is C22H32N2O2S. The van der Waals surface area contributed by atoms with Gasteiger partial charge in [-0.05, 0) is 44.1 Å².